The van der Waals surface area contributed by atoms with Crippen LogP contribution in [0.4, 0.5) is 4.79 Å². The number of rotatable bonds is 5. The van der Waals surface area contributed by atoms with Gasteiger partial charge in [0.1, 0.15) is 5.60 Å². The molecule has 0 bridgehead atoms. The van der Waals surface area contributed by atoms with Crippen molar-refractivity contribution in [2.75, 3.05) is 5.88 Å². The van der Waals surface area contributed by atoms with Crippen LogP contribution in [-0.2, 0) is 16.0 Å². The quantitative estimate of drug-likeness (QED) is 0.850. The number of carbonyl (C=O) groups excluding carboxylic acids is 2. The van der Waals surface area contributed by atoms with E-state index in [0.717, 1.165) is 5.56 Å². The summed E-state index contributed by atoms with van der Waals surface area (Å²) in [5, 5.41) is 2.58. The van der Waals surface area contributed by atoms with Gasteiger partial charge in [-0.05, 0) is 32.8 Å². The van der Waals surface area contributed by atoms with Crippen molar-refractivity contribution in [2.45, 2.75) is 38.8 Å². The SMILES string of the molecule is CC(C)(C)OC(=O)N[C@H](Cc1ccccc1)C(=O)CCl. The molecule has 0 aliphatic carbocycles. The molecule has 1 aromatic carbocycles. The van der Waals surface area contributed by atoms with Gasteiger partial charge in [0.05, 0.1) is 11.9 Å². The summed E-state index contributed by atoms with van der Waals surface area (Å²) >= 11 is 5.59. The van der Waals surface area contributed by atoms with Gasteiger partial charge in [-0.2, -0.15) is 0 Å². The molecule has 0 aliphatic heterocycles. The Labute approximate surface area is 124 Å². The minimum absolute atomic E-state index is 0.146. The van der Waals surface area contributed by atoms with Crippen molar-refractivity contribution >= 4 is 23.5 Å². The molecule has 0 spiro atoms. The normalized spacial score (nSPS) is 12.6. The molecule has 1 atom stereocenters. The van der Waals surface area contributed by atoms with E-state index in [-0.39, 0.29) is 11.7 Å². The highest BCUT2D eigenvalue weighted by Crippen LogP contribution is 2.09. The molecule has 0 radical (unpaired) electrons. The summed E-state index contributed by atoms with van der Waals surface area (Å²) in [7, 11) is 0. The van der Waals surface area contributed by atoms with Crippen LogP contribution in [0.25, 0.3) is 0 Å². The zero-order valence-corrected chi connectivity index (χ0v) is 12.7. The van der Waals surface area contributed by atoms with Crippen LogP contribution in [0.2, 0.25) is 0 Å². The molecule has 5 heteroatoms. The van der Waals surface area contributed by atoms with Gasteiger partial charge in [-0.25, -0.2) is 4.79 Å². The average molecular weight is 298 g/mol. The monoisotopic (exact) mass is 297 g/mol. The second kappa shape index (κ2) is 7.29. The van der Waals surface area contributed by atoms with Gasteiger partial charge >= 0.3 is 6.09 Å². The lowest BCUT2D eigenvalue weighted by Crippen LogP contribution is -2.45. The lowest BCUT2D eigenvalue weighted by molar-refractivity contribution is -0.118. The van der Waals surface area contributed by atoms with E-state index in [1.165, 1.54) is 0 Å². The van der Waals surface area contributed by atoms with E-state index >= 15 is 0 Å². The van der Waals surface area contributed by atoms with Crippen molar-refractivity contribution < 1.29 is 14.3 Å². The van der Waals surface area contributed by atoms with Crippen molar-refractivity contribution in [3.63, 3.8) is 0 Å². The Hall–Kier alpha value is -1.55. The van der Waals surface area contributed by atoms with Crippen LogP contribution in [0, 0.1) is 0 Å². The van der Waals surface area contributed by atoms with Crippen LogP contribution < -0.4 is 5.32 Å². The number of Topliss-reactive ketones (excluding diaryl/α,β-unsaturated/α-hetero) is 1. The van der Waals surface area contributed by atoms with E-state index in [1.807, 2.05) is 30.3 Å². The van der Waals surface area contributed by atoms with E-state index in [1.54, 1.807) is 20.8 Å². The first kappa shape index (κ1) is 16.5. The first-order valence-electron chi connectivity index (χ1n) is 6.44. The lowest BCUT2D eigenvalue weighted by Gasteiger charge is -2.22. The van der Waals surface area contributed by atoms with Gasteiger partial charge in [-0.15, -0.1) is 11.6 Å². The third-order valence-corrected chi connectivity index (χ3v) is 2.76. The molecule has 0 aromatic heterocycles. The largest absolute Gasteiger partial charge is 0.444 e. The molecule has 0 heterocycles. The maximum atomic E-state index is 11.8. The Bertz CT molecular complexity index is 454. The number of halogens is 1. The number of nitrogens with one attached hydrogen (secondary N) is 1. The Kier molecular flexibility index (Phi) is 6.02. The highest BCUT2D eigenvalue weighted by Gasteiger charge is 2.23. The fourth-order valence-electron chi connectivity index (χ4n) is 1.64. The summed E-state index contributed by atoms with van der Waals surface area (Å²) in [5.41, 5.74) is 0.345. The van der Waals surface area contributed by atoms with Gasteiger partial charge in [-0.1, -0.05) is 30.3 Å². The van der Waals surface area contributed by atoms with Crippen LogP contribution in [-0.4, -0.2) is 29.4 Å². The molecule has 110 valence electrons. The molecule has 0 saturated heterocycles. The smallest absolute Gasteiger partial charge is 0.408 e. The predicted octanol–water partition coefficient (Wildman–Crippen LogP) is 2.93. The van der Waals surface area contributed by atoms with Crippen molar-refractivity contribution in [1.82, 2.24) is 5.32 Å². The second-order valence-corrected chi connectivity index (χ2v) is 5.76. The highest BCUT2D eigenvalue weighted by atomic mass is 35.5. The molecule has 20 heavy (non-hydrogen) atoms. The molecule has 1 aromatic rings. The minimum Gasteiger partial charge on any atom is -0.444 e. The number of alkyl carbamates (subject to hydrolysis) is 1. The van der Waals surface area contributed by atoms with Gasteiger partial charge in [0.15, 0.2) is 5.78 Å². The van der Waals surface area contributed by atoms with Crippen molar-refractivity contribution in [3.8, 4) is 0 Å². The molecule has 0 saturated carbocycles. The van der Waals surface area contributed by atoms with E-state index in [2.05, 4.69) is 5.32 Å². The van der Waals surface area contributed by atoms with Crippen molar-refractivity contribution in [1.29, 1.82) is 0 Å². The van der Waals surface area contributed by atoms with Gasteiger partial charge in [0.25, 0.3) is 0 Å². The van der Waals surface area contributed by atoms with Crippen molar-refractivity contribution in [3.05, 3.63) is 35.9 Å². The Balaban J connectivity index is 2.70. The zero-order valence-electron chi connectivity index (χ0n) is 12.0. The van der Waals surface area contributed by atoms with Crippen LogP contribution in [0.5, 0.6) is 0 Å². The topological polar surface area (TPSA) is 55.4 Å². The van der Waals surface area contributed by atoms with Gasteiger partial charge in [0.2, 0.25) is 0 Å². The predicted molar refractivity (Wildman–Crippen MR) is 79.0 cm³/mol. The lowest BCUT2D eigenvalue weighted by atomic mass is 10.0. The molecule has 0 fully saturated rings. The summed E-state index contributed by atoms with van der Waals surface area (Å²) in [6.45, 7) is 5.30. The summed E-state index contributed by atoms with van der Waals surface area (Å²) in [4.78, 5) is 23.6. The number of ketones is 1. The Morgan fingerprint density at radius 3 is 2.35 bits per heavy atom. The van der Waals surface area contributed by atoms with E-state index < -0.39 is 17.7 Å². The Morgan fingerprint density at radius 2 is 1.85 bits per heavy atom. The van der Waals surface area contributed by atoms with Crippen molar-refractivity contribution in [2.24, 2.45) is 0 Å². The Morgan fingerprint density at radius 1 is 1.25 bits per heavy atom. The average Bonchev–Trinajstić information content (AvgIpc) is 2.36. The fourth-order valence-corrected chi connectivity index (χ4v) is 1.82. The van der Waals surface area contributed by atoms with Crippen LogP contribution in [0.15, 0.2) is 30.3 Å². The summed E-state index contributed by atoms with van der Waals surface area (Å²) in [6.07, 6.45) is -0.220. The fraction of sp³-hybridized carbons (Fsp3) is 0.467. The van der Waals surface area contributed by atoms with Gasteiger partial charge < -0.3 is 10.1 Å². The van der Waals surface area contributed by atoms with E-state index in [4.69, 9.17) is 16.3 Å². The third kappa shape index (κ3) is 6.06. The second-order valence-electron chi connectivity index (χ2n) is 5.49. The molecule has 1 rings (SSSR count). The molecule has 1 amide bonds. The molecule has 0 aliphatic rings. The zero-order chi connectivity index (χ0) is 15.2. The summed E-state index contributed by atoms with van der Waals surface area (Å²) in [5.74, 6) is -0.380. The van der Waals surface area contributed by atoms with E-state index in [9.17, 15) is 9.59 Å². The number of carbonyl (C=O) groups is 2. The summed E-state index contributed by atoms with van der Waals surface area (Å²) < 4.78 is 5.16. The van der Waals surface area contributed by atoms with E-state index in [0.29, 0.717) is 6.42 Å². The first-order chi connectivity index (χ1) is 9.31. The maximum absolute atomic E-state index is 11.8. The first-order valence-corrected chi connectivity index (χ1v) is 6.97. The number of amides is 1. The number of alkyl halides is 1. The third-order valence-electron chi connectivity index (χ3n) is 2.49. The molecule has 4 nitrogen and oxygen atoms in total. The molecular formula is C15H20ClNO3. The number of benzene rings is 1. The van der Waals surface area contributed by atoms with Crippen LogP contribution in [0.1, 0.15) is 26.3 Å². The number of hydrogen-bond acceptors (Lipinski definition) is 3. The molecular weight excluding hydrogens is 278 g/mol. The van der Waals surface area contributed by atoms with Crippen LogP contribution >= 0.6 is 11.6 Å². The minimum atomic E-state index is -0.676. The van der Waals surface area contributed by atoms with Gasteiger partial charge in [-0.3, -0.25) is 4.79 Å². The van der Waals surface area contributed by atoms with Crippen LogP contribution in [0.3, 0.4) is 0 Å². The molecule has 1 N–H and O–H groups in total. The summed E-state index contributed by atoms with van der Waals surface area (Å²) in [6, 6.07) is 8.76. The number of ether oxygens (including phenoxy) is 1. The standard InChI is InChI=1S/C15H20ClNO3/c1-15(2,3)20-14(19)17-12(13(18)10-16)9-11-7-5-4-6-8-11/h4-8,12H,9-10H2,1-3H3,(H,17,19)/t12-/m1/s1. The highest BCUT2D eigenvalue weighted by molar-refractivity contribution is 6.28. The van der Waals surface area contributed by atoms with Gasteiger partial charge in [0, 0.05) is 0 Å². The number of hydrogen-bond donors (Lipinski definition) is 1. The maximum Gasteiger partial charge on any atom is 0.408 e. The molecule has 0 unspecified atom stereocenters.